The maximum Gasteiger partial charge on any atom is 0.326 e. The molecule has 0 aliphatic heterocycles. The summed E-state index contributed by atoms with van der Waals surface area (Å²) in [5.41, 5.74) is 10.6. The standard InChI is InChI=1S/C16H30N4O5/c1-5-9(4)13(16(24)25)20-15(23)11(6-8(2)3)19-14(22)10(17)7-12(18)21/h8-11,13H,5-7,17H2,1-4H3,(H2,18,21)(H,19,22)(H,20,23)(H,24,25)/t9-,10-,11-,13-/m0/s1. The summed E-state index contributed by atoms with van der Waals surface area (Å²) >= 11 is 0. The summed E-state index contributed by atoms with van der Waals surface area (Å²) in [6.07, 6.45) is 0.530. The van der Waals surface area contributed by atoms with Gasteiger partial charge in [-0.05, 0) is 18.3 Å². The van der Waals surface area contributed by atoms with Crippen molar-refractivity contribution in [1.82, 2.24) is 10.6 Å². The van der Waals surface area contributed by atoms with E-state index in [1.165, 1.54) is 0 Å². The highest BCUT2D eigenvalue weighted by atomic mass is 16.4. The fraction of sp³-hybridized carbons (Fsp3) is 0.750. The number of rotatable bonds is 11. The zero-order valence-electron chi connectivity index (χ0n) is 15.2. The maximum absolute atomic E-state index is 12.5. The first kappa shape index (κ1) is 22.8. The van der Waals surface area contributed by atoms with E-state index in [1.807, 2.05) is 20.8 Å². The molecule has 25 heavy (non-hydrogen) atoms. The fourth-order valence-electron chi connectivity index (χ4n) is 2.23. The van der Waals surface area contributed by atoms with Crippen LogP contribution in [0.15, 0.2) is 0 Å². The van der Waals surface area contributed by atoms with Gasteiger partial charge in [-0.2, -0.15) is 0 Å². The third kappa shape index (κ3) is 8.48. The van der Waals surface area contributed by atoms with Crippen molar-refractivity contribution in [2.24, 2.45) is 23.3 Å². The molecule has 0 aromatic carbocycles. The summed E-state index contributed by atoms with van der Waals surface area (Å²) in [7, 11) is 0. The second-order valence-electron chi connectivity index (χ2n) is 6.68. The molecule has 9 nitrogen and oxygen atoms in total. The zero-order valence-corrected chi connectivity index (χ0v) is 15.2. The van der Waals surface area contributed by atoms with Gasteiger partial charge in [0.05, 0.1) is 12.5 Å². The Bertz CT molecular complexity index is 495. The van der Waals surface area contributed by atoms with Crippen LogP contribution in [0.4, 0.5) is 0 Å². The molecule has 0 aliphatic carbocycles. The van der Waals surface area contributed by atoms with Crippen LogP contribution in [0.3, 0.4) is 0 Å². The van der Waals surface area contributed by atoms with E-state index in [1.54, 1.807) is 6.92 Å². The first-order chi connectivity index (χ1) is 11.5. The van der Waals surface area contributed by atoms with E-state index >= 15 is 0 Å². The van der Waals surface area contributed by atoms with Gasteiger partial charge in [0.25, 0.3) is 0 Å². The minimum Gasteiger partial charge on any atom is -0.480 e. The van der Waals surface area contributed by atoms with Crippen LogP contribution in [0.2, 0.25) is 0 Å². The highest BCUT2D eigenvalue weighted by Crippen LogP contribution is 2.10. The lowest BCUT2D eigenvalue weighted by Gasteiger charge is -2.26. The van der Waals surface area contributed by atoms with Gasteiger partial charge in [0.15, 0.2) is 0 Å². The zero-order chi connectivity index (χ0) is 19.7. The van der Waals surface area contributed by atoms with Crippen molar-refractivity contribution in [2.45, 2.75) is 65.1 Å². The second-order valence-corrected chi connectivity index (χ2v) is 6.68. The summed E-state index contributed by atoms with van der Waals surface area (Å²) in [6, 6.07) is -3.16. The lowest BCUT2D eigenvalue weighted by atomic mass is 9.97. The largest absolute Gasteiger partial charge is 0.480 e. The number of nitrogens with one attached hydrogen (secondary N) is 2. The fourth-order valence-corrected chi connectivity index (χ4v) is 2.23. The summed E-state index contributed by atoms with van der Waals surface area (Å²) in [6.45, 7) is 7.26. The number of carboxylic acid groups (broad SMARTS) is 1. The van der Waals surface area contributed by atoms with Crippen LogP contribution in [0.5, 0.6) is 0 Å². The van der Waals surface area contributed by atoms with Gasteiger partial charge >= 0.3 is 5.97 Å². The molecule has 144 valence electrons. The molecular weight excluding hydrogens is 328 g/mol. The Balaban J connectivity index is 5.11. The van der Waals surface area contributed by atoms with Gasteiger partial charge in [-0.15, -0.1) is 0 Å². The molecule has 0 bridgehead atoms. The Kier molecular flexibility index (Phi) is 9.73. The number of carboxylic acids is 1. The number of carbonyl (C=O) groups is 4. The molecule has 0 saturated carbocycles. The van der Waals surface area contributed by atoms with Crippen LogP contribution in [-0.2, 0) is 19.2 Å². The summed E-state index contributed by atoms with van der Waals surface area (Å²) < 4.78 is 0. The predicted octanol–water partition coefficient (Wildman–Crippen LogP) is -0.664. The van der Waals surface area contributed by atoms with Crippen molar-refractivity contribution in [3.8, 4) is 0 Å². The number of aliphatic carboxylic acids is 1. The van der Waals surface area contributed by atoms with E-state index in [0.717, 1.165) is 0 Å². The third-order valence-corrected chi connectivity index (χ3v) is 3.87. The molecule has 9 heteroatoms. The highest BCUT2D eigenvalue weighted by Gasteiger charge is 2.30. The molecule has 0 unspecified atom stereocenters. The number of hydrogen-bond acceptors (Lipinski definition) is 5. The van der Waals surface area contributed by atoms with Gasteiger partial charge in [-0.3, -0.25) is 14.4 Å². The van der Waals surface area contributed by atoms with Gasteiger partial charge in [0.2, 0.25) is 17.7 Å². The maximum atomic E-state index is 12.5. The molecule has 0 aromatic rings. The number of amides is 3. The first-order valence-corrected chi connectivity index (χ1v) is 8.36. The molecule has 0 saturated heterocycles. The molecule has 4 atom stereocenters. The van der Waals surface area contributed by atoms with Crippen molar-refractivity contribution in [2.75, 3.05) is 0 Å². The normalized spacial score (nSPS) is 15.8. The Morgan fingerprint density at radius 1 is 1.04 bits per heavy atom. The van der Waals surface area contributed by atoms with Crippen LogP contribution in [-0.4, -0.2) is 46.9 Å². The van der Waals surface area contributed by atoms with Crippen LogP contribution < -0.4 is 22.1 Å². The Morgan fingerprint density at radius 2 is 1.60 bits per heavy atom. The van der Waals surface area contributed by atoms with Gasteiger partial charge in [0.1, 0.15) is 12.1 Å². The van der Waals surface area contributed by atoms with Crippen LogP contribution in [0.1, 0.15) is 47.0 Å². The van der Waals surface area contributed by atoms with E-state index in [4.69, 9.17) is 11.5 Å². The molecular formula is C16H30N4O5. The van der Waals surface area contributed by atoms with Crippen molar-refractivity contribution in [3.05, 3.63) is 0 Å². The average Bonchev–Trinajstić information content (AvgIpc) is 2.49. The van der Waals surface area contributed by atoms with Crippen LogP contribution in [0, 0.1) is 11.8 Å². The molecule has 3 amide bonds. The Morgan fingerprint density at radius 3 is 2.00 bits per heavy atom. The van der Waals surface area contributed by atoms with Crippen molar-refractivity contribution in [1.29, 1.82) is 0 Å². The van der Waals surface area contributed by atoms with Gasteiger partial charge < -0.3 is 27.2 Å². The van der Waals surface area contributed by atoms with E-state index in [0.29, 0.717) is 12.8 Å². The average molecular weight is 358 g/mol. The van der Waals surface area contributed by atoms with Crippen LogP contribution >= 0.6 is 0 Å². The number of nitrogens with two attached hydrogens (primary N) is 2. The number of hydrogen-bond donors (Lipinski definition) is 5. The van der Waals surface area contributed by atoms with Gasteiger partial charge in [0, 0.05) is 0 Å². The SMILES string of the molecule is CC[C@H](C)[C@H](NC(=O)[C@H](CC(C)C)NC(=O)[C@@H](N)CC(N)=O)C(=O)O. The Hall–Kier alpha value is -2.16. The van der Waals surface area contributed by atoms with Gasteiger partial charge in [-0.1, -0.05) is 34.1 Å². The van der Waals surface area contributed by atoms with Crippen molar-refractivity contribution in [3.63, 3.8) is 0 Å². The molecule has 7 N–H and O–H groups in total. The second kappa shape index (κ2) is 10.7. The Labute approximate surface area is 147 Å². The quantitative estimate of drug-likeness (QED) is 0.329. The predicted molar refractivity (Wildman–Crippen MR) is 92.2 cm³/mol. The lowest BCUT2D eigenvalue weighted by molar-refractivity contribution is -0.143. The van der Waals surface area contributed by atoms with E-state index in [-0.39, 0.29) is 18.3 Å². The molecule has 0 fully saturated rings. The number of carbonyl (C=O) groups excluding carboxylic acids is 3. The minimum atomic E-state index is -1.16. The molecule has 0 rings (SSSR count). The van der Waals surface area contributed by atoms with Crippen molar-refractivity contribution >= 4 is 23.7 Å². The smallest absolute Gasteiger partial charge is 0.326 e. The van der Waals surface area contributed by atoms with E-state index < -0.39 is 41.8 Å². The lowest BCUT2D eigenvalue weighted by Crippen LogP contribution is -2.56. The molecule has 0 radical (unpaired) electrons. The van der Waals surface area contributed by atoms with E-state index in [9.17, 15) is 24.3 Å². The van der Waals surface area contributed by atoms with Crippen molar-refractivity contribution < 1.29 is 24.3 Å². The number of primary amides is 1. The third-order valence-electron chi connectivity index (χ3n) is 3.87. The molecule has 0 spiro atoms. The minimum absolute atomic E-state index is 0.0651. The topological polar surface area (TPSA) is 165 Å². The molecule has 0 aromatic heterocycles. The summed E-state index contributed by atoms with van der Waals surface area (Å²) in [5, 5.41) is 14.2. The summed E-state index contributed by atoms with van der Waals surface area (Å²) in [5.74, 6) is -3.35. The van der Waals surface area contributed by atoms with E-state index in [2.05, 4.69) is 10.6 Å². The molecule has 0 aliphatic rings. The van der Waals surface area contributed by atoms with Crippen LogP contribution in [0.25, 0.3) is 0 Å². The molecule has 0 heterocycles. The highest BCUT2D eigenvalue weighted by molar-refractivity contribution is 5.93. The first-order valence-electron chi connectivity index (χ1n) is 8.36. The summed E-state index contributed by atoms with van der Waals surface area (Å²) in [4.78, 5) is 46.7. The van der Waals surface area contributed by atoms with Gasteiger partial charge in [-0.25, -0.2) is 4.79 Å². The monoisotopic (exact) mass is 358 g/mol.